The fourth-order valence-corrected chi connectivity index (χ4v) is 3.96. The summed E-state index contributed by atoms with van der Waals surface area (Å²) in [6.07, 6.45) is 3.20. The minimum atomic E-state index is -0.812. The van der Waals surface area contributed by atoms with Crippen LogP contribution in [0, 0.1) is 0 Å². The maximum atomic E-state index is 13.2. The van der Waals surface area contributed by atoms with Crippen molar-refractivity contribution in [3.8, 4) is 5.75 Å². The summed E-state index contributed by atoms with van der Waals surface area (Å²) in [7, 11) is 0. The molecule has 172 valence electrons. The molecule has 3 aromatic rings. The fourth-order valence-electron chi connectivity index (χ4n) is 3.96. The molecule has 1 saturated heterocycles. The van der Waals surface area contributed by atoms with Crippen LogP contribution in [0.25, 0.3) is 5.76 Å². The van der Waals surface area contributed by atoms with Crippen molar-refractivity contribution in [3.05, 3.63) is 108 Å². The first kappa shape index (κ1) is 23.0. The lowest BCUT2D eigenvalue weighted by Gasteiger charge is -2.24. The van der Waals surface area contributed by atoms with Crippen LogP contribution in [0.4, 0.5) is 5.82 Å². The van der Waals surface area contributed by atoms with Crippen LogP contribution in [0.1, 0.15) is 42.5 Å². The standard InChI is InChI=1S/C28H26N2O4/c1-4-17-34-22-14-12-21(13-15-22)26(31)24-25(20-10-8-19(9-11-20)18(2)3)30(28(33)27(24)32)23-7-5-6-16-29-23/h4-16,18,25,31H,1,17H2,2-3H3/t25-/m1/s1. The zero-order valence-electron chi connectivity index (χ0n) is 19.1. The first-order valence-electron chi connectivity index (χ1n) is 11.1. The zero-order valence-corrected chi connectivity index (χ0v) is 19.1. The molecule has 0 aliphatic carbocycles. The number of rotatable bonds is 7. The van der Waals surface area contributed by atoms with E-state index in [2.05, 4.69) is 25.4 Å². The number of ketones is 1. The molecule has 0 bridgehead atoms. The van der Waals surface area contributed by atoms with E-state index in [0.29, 0.717) is 35.2 Å². The van der Waals surface area contributed by atoms with Crippen LogP contribution in [0.15, 0.2) is 91.2 Å². The molecule has 1 atom stereocenters. The van der Waals surface area contributed by atoms with E-state index in [-0.39, 0.29) is 11.3 Å². The van der Waals surface area contributed by atoms with Gasteiger partial charge < -0.3 is 9.84 Å². The molecule has 34 heavy (non-hydrogen) atoms. The van der Waals surface area contributed by atoms with E-state index in [1.807, 2.05) is 24.3 Å². The molecule has 1 aliphatic rings. The monoisotopic (exact) mass is 454 g/mol. The molecule has 0 spiro atoms. The Hall–Kier alpha value is -4.19. The number of pyridine rings is 1. The molecule has 0 unspecified atom stereocenters. The van der Waals surface area contributed by atoms with E-state index in [0.717, 1.165) is 5.56 Å². The van der Waals surface area contributed by atoms with Gasteiger partial charge in [0.2, 0.25) is 0 Å². The summed E-state index contributed by atoms with van der Waals surface area (Å²) < 4.78 is 5.50. The number of ether oxygens (including phenoxy) is 1. The lowest BCUT2D eigenvalue weighted by molar-refractivity contribution is -0.132. The number of nitrogens with zero attached hydrogens (tertiary/aromatic N) is 2. The predicted octanol–water partition coefficient (Wildman–Crippen LogP) is 5.40. The van der Waals surface area contributed by atoms with Gasteiger partial charge in [0.25, 0.3) is 5.78 Å². The van der Waals surface area contributed by atoms with Crippen LogP contribution < -0.4 is 9.64 Å². The maximum absolute atomic E-state index is 13.2. The van der Waals surface area contributed by atoms with Crippen LogP contribution in [0.3, 0.4) is 0 Å². The first-order valence-corrected chi connectivity index (χ1v) is 11.1. The third-order valence-electron chi connectivity index (χ3n) is 5.76. The first-order chi connectivity index (χ1) is 16.4. The fraction of sp³-hybridized carbons (Fsp3) is 0.179. The number of aromatic nitrogens is 1. The van der Waals surface area contributed by atoms with Crippen molar-refractivity contribution in [1.29, 1.82) is 0 Å². The van der Waals surface area contributed by atoms with Gasteiger partial charge in [0, 0.05) is 11.8 Å². The van der Waals surface area contributed by atoms with E-state index in [9.17, 15) is 14.7 Å². The number of hydrogen-bond donors (Lipinski definition) is 1. The van der Waals surface area contributed by atoms with E-state index in [4.69, 9.17) is 4.74 Å². The highest BCUT2D eigenvalue weighted by Gasteiger charge is 2.47. The second-order valence-electron chi connectivity index (χ2n) is 8.30. The molecule has 2 heterocycles. The summed E-state index contributed by atoms with van der Waals surface area (Å²) in [6.45, 7) is 8.17. The van der Waals surface area contributed by atoms with Crippen molar-refractivity contribution in [2.75, 3.05) is 11.5 Å². The minimum absolute atomic E-state index is 0.0210. The van der Waals surface area contributed by atoms with Gasteiger partial charge in [0.05, 0.1) is 11.6 Å². The molecule has 1 aromatic heterocycles. The molecule has 1 N–H and O–H groups in total. The number of carbonyl (C=O) groups excluding carboxylic acids is 2. The summed E-state index contributed by atoms with van der Waals surface area (Å²) in [4.78, 5) is 32.0. The van der Waals surface area contributed by atoms with Crippen molar-refractivity contribution >= 4 is 23.3 Å². The normalized spacial score (nSPS) is 17.3. The zero-order chi connectivity index (χ0) is 24.2. The summed E-state index contributed by atoms with van der Waals surface area (Å²) >= 11 is 0. The van der Waals surface area contributed by atoms with Gasteiger partial charge in [-0.25, -0.2) is 4.98 Å². The van der Waals surface area contributed by atoms with Crippen molar-refractivity contribution in [2.45, 2.75) is 25.8 Å². The predicted molar refractivity (Wildman–Crippen MR) is 132 cm³/mol. The quantitative estimate of drug-likeness (QED) is 0.224. The van der Waals surface area contributed by atoms with E-state index >= 15 is 0 Å². The number of benzene rings is 2. The van der Waals surface area contributed by atoms with E-state index in [1.54, 1.807) is 54.7 Å². The molecule has 1 amide bonds. The molecule has 1 aliphatic heterocycles. The van der Waals surface area contributed by atoms with Crippen molar-refractivity contribution in [3.63, 3.8) is 0 Å². The highest BCUT2D eigenvalue weighted by molar-refractivity contribution is 6.51. The van der Waals surface area contributed by atoms with Gasteiger partial charge in [-0.2, -0.15) is 0 Å². The van der Waals surface area contributed by atoms with Gasteiger partial charge >= 0.3 is 5.91 Å². The number of aliphatic hydroxyl groups is 1. The van der Waals surface area contributed by atoms with Crippen LogP contribution in [-0.2, 0) is 9.59 Å². The Labute approximate surface area is 198 Å². The van der Waals surface area contributed by atoms with Crippen molar-refractivity contribution < 1.29 is 19.4 Å². The summed E-state index contributed by atoms with van der Waals surface area (Å²) in [5.74, 6) is -0.457. The molecule has 4 rings (SSSR count). The lowest BCUT2D eigenvalue weighted by atomic mass is 9.93. The topological polar surface area (TPSA) is 79.7 Å². The number of anilines is 1. The smallest absolute Gasteiger partial charge is 0.301 e. The average molecular weight is 455 g/mol. The average Bonchev–Trinajstić information content (AvgIpc) is 3.13. The van der Waals surface area contributed by atoms with Gasteiger partial charge in [-0.3, -0.25) is 14.5 Å². The molecule has 2 aromatic carbocycles. The second-order valence-corrected chi connectivity index (χ2v) is 8.30. The Balaban J connectivity index is 1.84. The Morgan fingerprint density at radius 2 is 1.79 bits per heavy atom. The largest absolute Gasteiger partial charge is 0.507 e. The second kappa shape index (κ2) is 9.75. The Bertz CT molecular complexity index is 1230. The van der Waals surface area contributed by atoms with Gasteiger partial charge in [0.1, 0.15) is 23.9 Å². The van der Waals surface area contributed by atoms with E-state index in [1.165, 1.54) is 4.90 Å². The SMILES string of the molecule is C=CCOc1ccc(C(O)=C2C(=O)C(=O)N(c3ccccn3)[C@@H]2c2ccc(C(C)C)cc2)cc1. The molecular formula is C28H26N2O4. The van der Waals surface area contributed by atoms with Crippen LogP contribution in [0.5, 0.6) is 5.75 Å². The highest BCUT2D eigenvalue weighted by atomic mass is 16.5. The third kappa shape index (κ3) is 4.35. The molecule has 6 heteroatoms. The number of hydrogen-bond acceptors (Lipinski definition) is 5. The molecular weight excluding hydrogens is 428 g/mol. The molecule has 0 saturated carbocycles. The highest BCUT2D eigenvalue weighted by Crippen LogP contribution is 2.41. The number of amides is 1. The van der Waals surface area contributed by atoms with Gasteiger partial charge in [-0.05, 0) is 53.4 Å². The number of Topliss-reactive ketones (excluding diaryl/α,β-unsaturated/α-hetero) is 1. The lowest BCUT2D eigenvalue weighted by Crippen LogP contribution is -2.30. The van der Waals surface area contributed by atoms with Crippen LogP contribution in [-0.4, -0.2) is 28.4 Å². The van der Waals surface area contributed by atoms with Gasteiger partial charge in [-0.1, -0.05) is 56.8 Å². The Morgan fingerprint density at radius 3 is 2.38 bits per heavy atom. The minimum Gasteiger partial charge on any atom is -0.507 e. The Morgan fingerprint density at radius 1 is 1.09 bits per heavy atom. The maximum Gasteiger partial charge on any atom is 0.301 e. The van der Waals surface area contributed by atoms with Gasteiger partial charge in [-0.15, -0.1) is 0 Å². The summed E-state index contributed by atoms with van der Waals surface area (Å²) in [6, 6.07) is 18.8. The van der Waals surface area contributed by atoms with Crippen molar-refractivity contribution in [1.82, 2.24) is 4.98 Å². The third-order valence-corrected chi connectivity index (χ3v) is 5.76. The van der Waals surface area contributed by atoms with E-state index < -0.39 is 17.7 Å². The summed E-state index contributed by atoms with van der Waals surface area (Å²) in [5, 5.41) is 11.2. The Kier molecular flexibility index (Phi) is 6.59. The molecule has 0 radical (unpaired) electrons. The van der Waals surface area contributed by atoms with Crippen LogP contribution >= 0.6 is 0 Å². The van der Waals surface area contributed by atoms with Gasteiger partial charge in [0.15, 0.2) is 0 Å². The summed E-state index contributed by atoms with van der Waals surface area (Å²) in [5.41, 5.74) is 2.27. The molecule has 6 nitrogen and oxygen atoms in total. The van der Waals surface area contributed by atoms with Crippen LogP contribution in [0.2, 0.25) is 0 Å². The number of carbonyl (C=O) groups is 2. The molecule has 1 fully saturated rings. The van der Waals surface area contributed by atoms with Crippen molar-refractivity contribution in [2.24, 2.45) is 0 Å². The number of aliphatic hydroxyl groups excluding tert-OH is 1.